The van der Waals surface area contributed by atoms with Gasteiger partial charge in [-0.25, -0.2) is 8.42 Å². The van der Waals surface area contributed by atoms with Crippen molar-refractivity contribution in [2.24, 2.45) is 0 Å². The Morgan fingerprint density at radius 3 is 2.81 bits per heavy atom. The summed E-state index contributed by atoms with van der Waals surface area (Å²) >= 11 is 7.94. The molecule has 3 rings (SSSR count). The molecule has 2 heterocycles. The van der Waals surface area contributed by atoms with Crippen LogP contribution in [0.1, 0.15) is 11.1 Å². The van der Waals surface area contributed by atoms with E-state index in [1.165, 1.54) is 16.9 Å². The Hall–Kier alpha value is -0.410. The number of hydrogen-bond acceptors (Lipinski definition) is 4. The monoisotopic (exact) mass is 450 g/mol. The predicted molar refractivity (Wildman–Crippen MR) is 92.4 cm³/mol. The molecule has 4 nitrogen and oxygen atoms in total. The quantitative estimate of drug-likeness (QED) is 0.747. The van der Waals surface area contributed by atoms with Gasteiger partial charge in [0.2, 0.25) is 0 Å². The maximum atomic E-state index is 12.5. The Labute approximate surface area is 144 Å². The van der Waals surface area contributed by atoms with E-state index in [0.29, 0.717) is 16.0 Å². The summed E-state index contributed by atoms with van der Waals surface area (Å²) in [5.74, 6) is 0. The van der Waals surface area contributed by atoms with Crippen molar-refractivity contribution in [2.75, 3.05) is 11.3 Å². The summed E-state index contributed by atoms with van der Waals surface area (Å²) in [6.45, 7) is 1.61. The molecule has 0 radical (unpaired) electrons. The first-order chi connectivity index (χ1) is 9.97. The van der Waals surface area contributed by atoms with E-state index in [-0.39, 0.29) is 4.90 Å². The number of nitrogens with one attached hydrogen (secondary N) is 2. The Kier molecular flexibility index (Phi) is 4.42. The van der Waals surface area contributed by atoms with E-state index in [4.69, 9.17) is 0 Å². The van der Waals surface area contributed by atoms with Crippen molar-refractivity contribution >= 4 is 58.9 Å². The van der Waals surface area contributed by atoms with Gasteiger partial charge in [-0.1, -0.05) is 12.1 Å². The van der Waals surface area contributed by atoms with Gasteiger partial charge < -0.3 is 5.32 Å². The number of benzene rings is 1. The highest BCUT2D eigenvalue weighted by Gasteiger charge is 2.23. The SMILES string of the molecule is O=S(=O)(Nc1cccc2c1CNCC2)c1cc(Br)sc1Br. The van der Waals surface area contributed by atoms with Gasteiger partial charge in [-0.15, -0.1) is 11.3 Å². The van der Waals surface area contributed by atoms with Crippen LogP contribution in [0.15, 0.2) is 36.7 Å². The fourth-order valence-corrected chi connectivity index (χ4v) is 7.22. The average molecular weight is 452 g/mol. The average Bonchev–Trinajstić information content (AvgIpc) is 2.79. The molecule has 0 atom stereocenters. The molecule has 2 N–H and O–H groups in total. The summed E-state index contributed by atoms with van der Waals surface area (Å²) in [4.78, 5) is 0.251. The van der Waals surface area contributed by atoms with Crippen LogP contribution in [-0.2, 0) is 23.0 Å². The van der Waals surface area contributed by atoms with Crippen molar-refractivity contribution in [3.05, 3.63) is 43.0 Å². The second-order valence-electron chi connectivity index (χ2n) is 4.66. The molecule has 0 amide bonds. The predicted octanol–water partition coefficient (Wildman–Crippen LogP) is 3.72. The largest absolute Gasteiger partial charge is 0.312 e. The van der Waals surface area contributed by atoms with Crippen LogP contribution in [0.2, 0.25) is 0 Å². The normalized spacial score (nSPS) is 14.8. The van der Waals surface area contributed by atoms with Crippen molar-refractivity contribution < 1.29 is 8.42 Å². The van der Waals surface area contributed by atoms with Gasteiger partial charge in [0.1, 0.15) is 4.90 Å². The van der Waals surface area contributed by atoms with Gasteiger partial charge in [-0.05, 0) is 68.1 Å². The molecule has 1 aliphatic heterocycles. The Bertz CT molecular complexity index is 787. The first-order valence-corrected chi connectivity index (χ1v) is 10.1. The number of thiophene rings is 1. The highest BCUT2D eigenvalue weighted by molar-refractivity contribution is 9.12. The highest BCUT2D eigenvalue weighted by Crippen LogP contribution is 2.36. The van der Waals surface area contributed by atoms with E-state index >= 15 is 0 Å². The minimum atomic E-state index is -3.60. The fourth-order valence-electron chi connectivity index (χ4n) is 2.32. The van der Waals surface area contributed by atoms with Crippen molar-refractivity contribution in [2.45, 2.75) is 17.9 Å². The van der Waals surface area contributed by atoms with Gasteiger partial charge in [-0.2, -0.15) is 0 Å². The van der Waals surface area contributed by atoms with Crippen molar-refractivity contribution in [3.63, 3.8) is 0 Å². The van der Waals surface area contributed by atoms with Crippen LogP contribution >= 0.6 is 43.2 Å². The number of sulfonamides is 1. The fraction of sp³-hybridized carbons (Fsp3) is 0.231. The molecule has 0 bridgehead atoms. The summed E-state index contributed by atoms with van der Waals surface area (Å²) in [5.41, 5.74) is 2.87. The summed E-state index contributed by atoms with van der Waals surface area (Å²) < 4.78 is 29.2. The zero-order chi connectivity index (χ0) is 15.0. The minimum Gasteiger partial charge on any atom is -0.312 e. The van der Waals surface area contributed by atoms with E-state index in [9.17, 15) is 8.42 Å². The topological polar surface area (TPSA) is 58.2 Å². The smallest absolute Gasteiger partial charge is 0.263 e. The lowest BCUT2D eigenvalue weighted by Gasteiger charge is -2.20. The summed E-state index contributed by atoms with van der Waals surface area (Å²) in [7, 11) is -3.60. The second kappa shape index (κ2) is 6.00. The standard InChI is InChI=1S/C13H12Br2N2O2S2/c14-12-6-11(13(15)20-12)21(18,19)17-10-3-1-2-8-4-5-16-7-9(8)10/h1-3,6,16-17H,4-5,7H2. The molecule has 1 aliphatic rings. The lowest BCUT2D eigenvalue weighted by molar-refractivity contribution is 0.600. The molecule has 0 saturated heterocycles. The summed E-state index contributed by atoms with van der Waals surface area (Å²) in [5, 5.41) is 3.27. The van der Waals surface area contributed by atoms with Crippen LogP contribution in [0, 0.1) is 0 Å². The number of rotatable bonds is 3. The highest BCUT2D eigenvalue weighted by atomic mass is 79.9. The summed E-state index contributed by atoms with van der Waals surface area (Å²) in [6, 6.07) is 7.34. The molecule has 1 aromatic heterocycles. The first-order valence-electron chi connectivity index (χ1n) is 6.26. The second-order valence-corrected chi connectivity index (χ2v) is 10.1. The first kappa shape index (κ1) is 15.5. The van der Waals surface area contributed by atoms with Gasteiger partial charge in [0.15, 0.2) is 0 Å². The molecule has 0 aliphatic carbocycles. The van der Waals surface area contributed by atoms with Gasteiger partial charge in [-0.3, -0.25) is 4.72 Å². The molecule has 2 aromatic rings. The molecule has 0 fully saturated rings. The lowest BCUT2D eigenvalue weighted by Crippen LogP contribution is -2.25. The van der Waals surface area contributed by atoms with E-state index in [0.717, 1.165) is 22.3 Å². The van der Waals surface area contributed by atoms with E-state index in [1.54, 1.807) is 12.1 Å². The van der Waals surface area contributed by atoms with E-state index in [2.05, 4.69) is 41.9 Å². The molecule has 21 heavy (non-hydrogen) atoms. The number of fused-ring (bicyclic) bond motifs is 1. The van der Waals surface area contributed by atoms with E-state index in [1.807, 2.05) is 12.1 Å². The third-order valence-corrected chi connectivity index (χ3v) is 7.43. The van der Waals surface area contributed by atoms with Gasteiger partial charge in [0.25, 0.3) is 10.0 Å². The van der Waals surface area contributed by atoms with Gasteiger partial charge >= 0.3 is 0 Å². The molecule has 1 aromatic carbocycles. The molecule has 0 unspecified atom stereocenters. The maximum absolute atomic E-state index is 12.5. The van der Waals surface area contributed by atoms with E-state index < -0.39 is 10.0 Å². The molecule has 0 spiro atoms. The number of halogens is 2. The van der Waals surface area contributed by atoms with Crippen LogP contribution in [0.5, 0.6) is 0 Å². The minimum absolute atomic E-state index is 0.251. The Morgan fingerprint density at radius 1 is 1.29 bits per heavy atom. The molecule has 112 valence electrons. The van der Waals surface area contributed by atoms with Crippen molar-refractivity contribution in [1.82, 2.24) is 5.32 Å². The van der Waals surface area contributed by atoms with Gasteiger partial charge in [0, 0.05) is 6.54 Å². The molecule has 8 heteroatoms. The Morgan fingerprint density at radius 2 is 2.10 bits per heavy atom. The molecule has 0 saturated carbocycles. The molecular formula is C13H12Br2N2O2S2. The number of hydrogen-bond donors (Lipinski definition) is 2. The third kappa shape index (κ3) is 3.19. The van der Waals surface area contributed by atoms with Crippen LogP contribution in [0.3, 0.4) is 0 Å². The maximum Gasteiger partial charge on any atom is 0.263 e. The molecular weight excluding hydrogens is 440 g/mol. The zero-order valence-electron chi connectivity index (χ0n) is 10.8. The lowest BCUT2D eigenvalue weighted by atomic mass is 10.00. The Balaban J connectivity index is 1.98. The third-order valence-electron chi connectivity index (χ3n) is 3.31. The van der Waals surface area contributed by atoms with Crippen molar-refractivity contribution in [3.8, 4) is 0 Å². The van der Waals surface area contributed by atoms with Crippen LogP contribution in [0.4, 0.5) is 5.69 Å². The van der Waals surface area contributed by atoms with Crippen molar-refractivity contribution in [1.29, 1.82) is 0 Å². The summed E-state index contributed by atoms with van der Waals surface area (Å²) in [6.07, 6.45) is 0.915. The number of anilines is 1. The van der Waals surface area contributed by atoms with Crippen LogP contribution < -0.4 is 10.0 Å². The van der Waals surface area contributed by atoms with Crippen LogP contribution in [-0.4, -0.2) is 15.0 Å². The van der Waals surface area contributed by atoms with Gasteiger partial charge in [0.05, 0.1) is 13.3 Å². The van der Waals surface area contributed by atoms with Crippen LogP contribution in [0.25, 0.3) is 0 Å². The zero-order valence-corrected chi connectivity index (χ0v) is 15.6.